The van der Waals surface area contributed by atoms with Crippen LogP contribution in [0.1, 0.15) is 44.9 Å². The lowest BCUT2D eigenvalue weighted by atomic mass is 9.91. The molecule has 0 bridgehead atoms. The Morgan fingerprint density at radius 2 is 1.71 bits per heavy atom. The zero-order valence-electron chi connectivity index (χ0n) is 22.4. The van der Waals surface area contributed by atoms with Crippen molar-refractivity contribution in [2.45, 2.75) is 57.3 Å². The maximum absolute atomic E-state index is 15.8. The molecule has 206 valence electrons. The van der Waals surface area contributed by atoms with E-state index in [4.69, 9.17) is 0 Å². The fourth-order valence-corrected chi connectivity index (χ4v) is 5.03. The van der Waals surface area contributed by atoms with Crippen LogP contribution in [0, 0.1) is 5.82 Å². The summed E-state index contributed by atoms with van der Waals surface area (Å²) >= 11 is 0. The number of halogens is 4. The van der Waals surface area contributed by atoms with Crippen molar-refractivity contribution < 1.29 is 44.3 Å². The van der Waals surface area contributed by atoms with Gasteiger partial charge in [-0.3, -0.25) is 4.79 Å². The van der Waals surface area contributed by atoms with E-state index in [0.29, 0.717) is 41.7 Å². The topological polar surface area (TPSA) is 52.5 Å². The van der Waals surface area contributed by atoms with Gasteiger partial charge in [-0.25, -0.2) is 4.39 Å². The van der Waals surface area contributed by atoms with Gasteiger partial charge in [-0.2, -0.15) is 0 Å². The molecular formula is C28H33ClF3N3O3. The minimum atomic E-state index is -3.71. The Morgan fingerprint density at radius 1 is 1.05 bits per heavy atom. The number of aromatic nitrogens is 1. The molecular weight excluding hydrogens is 519 g/mol. The fourth-order valence-electron chi connectivity index (χ4n) is 5.03. The summed E-state index contributed by atoms with van der Waals surface area (Å²) in [5.74, 6) is -0.693. The fraction of sp³-hybridized carbons (Fsp3) is 0.464. The van der Waals surface area contributed by atoms with Crippen LogP contribution in [-0.2, 0) is 22.2 Å². The molecule has 2 heterocycles. The maximum atomic E-state index is 15.8. The van der Waals surface area contributed by atoms with Gasteiger partial charge >= 0.3 is 6.29 Å². The molecule has 0 saturated heterocycles. The van der Waals surface area contributed by atoms with Crippen LogP contribution in [-0.4, -0.2) is 48.9 Å². The monoisotopic (exact) mass is 551 g/mol. The lowest BCUT2D eigenvalue weighted by Crippen LogP contribution is -3.00. The number of benzene rings is 2. The van der Waals surface area contributed by atoms with Gasteiger partial charge in [0.15, 0.2) is 17.3 Å². The van der Waals surface area contributed by atoms with Crippen LogP contribution in [0.5, 0.6) is 11.5 Å². The Bertz CT molecular complexity index is 1400. The van der Waals surface area contributed by atoms with Crippen LogP contribution >= 0.6 is 0 Å². The molecule has 0 radical (unpaired) electrons. The molecule has 2 aliphatic rings. The molecule has 3 aromatic rings. The van der Waals surface area contributed by atoms with Crippen molar-refractivity contribution in [2.24, 2.45) is 0 Å². The van der Waals surface area contributed by atoms with E-state index in [2.05, 4.69) is 35.9 Å². The first kappa shape index (κ1) is 28.1. The average molecular weight is 552 g/mol. The molecule has 6 nitrogen and oxygen atoms in total. The van der Waals surface area contributed by atoms with Crippen molar-refractivity contribution >= 4 is 22.5 Å². The second-order valence-corrected chi connectivity index (χ2v) is 12.2. The van der Waals surface area contributed by atoms with Crippen molar-refractivity contribution in [1.82, 2.24) is 4.57 Å². The van der Waals surface area contributed by atoms with Crippen molar-refractivity contribution in [2.75, 3.05) is 33.0 Å². The van der Waals surface area contributed by atoms with E-state index < -0.39 is 17.1 Å². The maximum Gasteiger partial charge on any atom is 0.586 e. The van der Waals surface area contributed by atoms with Gasteiger partial charge in [0.05, 0.1) is 50.9 Å². The van der Waals surface area contributed by atoms with Crippen molar-refractivity contribution in [1.29, 1.82) is 0 Å². The molecule has 1 amide bonds. The van der Waals surface area contributed by atoms with Gasteiger partial charge in [0.2, 0.25) is 5.91 Å². The van der Waals surface area contributed by atoms with Crippen LogP contribution < -0.4 is 27.2 Å². The highest BCUT2D eigenvalue weighted by molar-refractivity contribution is 6.02. The van der Waals surface area contributed by atoms with E-state index in [1.165, 1.54) is 12.1 Å². The summed E-state index contributed by atoms with van der Waals surface area (Å²) in [5.41, 5.74) is 1.22. The van der Waals surface area contributed by atoms with Crippen LogP contribution in [0.15, 0.2) is 36.4 Å². The van der Waals surface area contributed by atoms with Crippen molar-refractivity contribution in [3.63, 3.8) is 0 Å². The third-order valence-corrected chi connectivity index (χ3v) is 7.10. The summed E-state index contributed by atoms with van der Waals surface area (Å²) in [6.45, 7) is 7.47. The van der Waals surface area contributed by atoms with Gasteiger partial charge in [-0.05, 0) is 48.7 Å². The van der Waals surface area contributed by atoms with Crippen LogP contribution in [0.25, 0.3) is 10.9 Å². The molecule has 38 heavy (non-hydrogen) atoms. The van der Waals surface area contributed by atoms with E-state index in [0.717, 1.165) is 16.5 Å². The third-order valence-electron chi connectivity index (χ3n) is 7.10. The first-order chi connectivity index (χ1) is 17.1. The number of quaternary nitrogens is 1. The number of alkyl halides is 2. The lowest BCUT2D eigenvalue weighted by molar-refractivity contribution is -0.870. The Kier molecular flexibility index (Phi) is 6.72. The van der Waals surface area contributed by atoms with Crippen molar-refractivity contribution in [3.8, 4) is 11.5 Å². The summed E-state index contributed by atoms with van der Waals surface area (Å²) < 4.78 is 54.5. The summed E-state index contributed by atoms with van der Waals surface area (Å²) in [5, 5.41) is 3.39. The quantitative estimate of drug-likeness (QED) is 0.480. The van der Waals surface area contributed by atoms with Gasteiger partial charge in [0.25, 0.3) is 0 Å². The second kappa shape index (κ2) is 9.09. The highest BCUT2D eigenvalue weighted by Gasteiger charge is 2.52. The number of rotatable bonds is 6. The molecule has 10 heteroatoms. The predicted molar refractivity (Wildman–Crippen MR) is 136 cm³/mol. The highest BCUT2D eigenvalue weighted by atomic mass is 35.5. The zero-order valence-corrected chi connectivity index (χ0v) is 23.2. The molecule has 2 aromatic carbocycles. The van der Waals surface area contributed by atoms with Crippen LogP contribution in [0.2, 0.25) is 0 Å². The van der Waals surface area contributed by atoms with Crippen LogP contribution in [0.4, 0.5) is 18.9 Å². The zero-order chi connectivity index (χ0) is 27.0. The number of hydrogen-bond donors (Lipinski definition) is 1. The molecule has 1 fully saturated rings. The van der Waals surface area contributed by atoms with Gasteiger partial charge in [-0.15, -0.1) is 8.78 Å². The number of likely N-dealkylation sites (N-methyl/N-ethyl adjacent to an activating group) is 1. The number of nitrogens with zero attached hydrogens (tertiary/aromatic N) is 2. The van der Waals surface area contributed by atoms with Gasteiger partial charge in [0, 0.05) is 16.5 Å². The molecule has 1 saturated carbocycles. The number of ether oxygens (including phenoxy) is 2. The van der Waals surface area contributed by atoms with Gasteiger partial charge < -0.3 is 36.2 Å². The van der Waals surface area contributed by atoms with E-state index in [1.807, 2.05) is 31.4 Å². The molecule has 5 rings (SSSR count). The Hall–Kier alpha value is -2.91. The molecule has 1 aliphatic heterocycles. The molecule has 1 aliphatic carbocycles. The first-order valence-corrected chi connectivity index (χ1v) is 12.4. The van der Waals surface area contributed by atoms with Crippen LogP contribution in [0.3, 0.4) is 0 Å². The Morgan fingerprint density at radius 3 is 2.32 bits per heavy atom. The number of carbonyl (C=O) groups excluding carboxylic acids is 1. The van der Waals surface area contributed by atoms with E-state index in [9.17, 15) is 13.6 Å². The summed E-state index contributed by atoms with van der Waals surface area (Å²) in [7, 11) is 6.31. The smallest absolute Gasteiger partial charge is 0.586 e. The van der Waals surface area contributed by atoms with Gasteiger partial charge in [-0.1, -0.05) is 26.8 Å². The highest BCUT2D eigenvalue weighted by Crippen LogP contribution is 2.52. The average Bonchev–Trinajstić information content (AvgIpc) is 3.45. The number of fused-ring (bicyclic) bond motifs is 2. The first-order valence-electron chi connectivity index (χ1n) is 12.4. The van der Waals surface area contributed by atoms with E-state index in [1.54, 1.807) is 18.2 Å². The predicted octanol–water partition coefficient (Wildman–Crippen LogP) is 2.78. The van der Waals surface area contributed by atoms with Gasteiger partial charge in [0.1, 0.15) is 0 Å². The standard InChI is InChI=1S/C28H32F3N3O3.ClH/c1-26(2,3)24-23(29)19-16-18(8-9-20(19)33(24)13-14-34(4,5)6)32-25(35)27(11-12-27)17-7-10-21-22(15-17)37-28(30,31)36-21;/h7-10,15-16H,11-14H2,1-6H3;1H. The second-order valence-electron chi connectivity index (χ2n) is 12.2. The number of nitrogens with one attached hydrogen (secondary N) is 1. The SMILES string of the molecule is CC(C)(C)c1c(F)c2cc(NC(=O)C3(c4ccc5c(c4)OC(F)(F)O5)CC3)ccc2n1CC[N+](C)(C)C.[Cl-]. The molecule has 1 aromatic heterocycles. The summed E-state index contributed by atoms with van der Waals surface area (Å²) in [6, 6.07) is 9.76. The van der Waals surface area contributed by atoms with E-state index in [-0.39, 0.29) is 35.6 Å². The Balaban J connectivity index is 0.00000336. The lowest BCUT2D eigenvalue weighted by Gasteiger charge is -2.27. The number of amides is 1. The third kappa shape index (κ3) is 5.06. The molecule has 0 atom stereocenters. The van der Waals surface area contributed by atoms with Crippen molar-refractivity contribution in [3.05, 3.63) is 53.5 Å². The molecule has 0 unspecified atom stereocenters. The minimum Gasteiger partial charge on any atom is -1.00 e. The number of carbonyl (C=O) groups is 1. The Labute approximate surface area is 226 Å². The number of anilines is 1. The summed E-state index contributed by atoms with van der Waals surface area (Å²) in [4.78, 5) is 13.4. The van der Waals surface area contributed by atoms with E-state index >= 15 is 4.39 Å². The molecule has 1 N–H and O–H groups in total. The normalized spacial score (nSPS) is 17.3. The molecule has 0 spiro atoms. The summed E-state index contributed by atoms with van der Waals surface area (Å²) in [6.07, 6.45) is -2.57. The minimum absolute atomic E-state index is 0. The number of hydrogen-bond acceptors (Lipinski definition) is 3. The largest absolute Gasteiger partial charge is 1.00 e.